The van der Waals surface area contributed by atoms with Gasteiger partial charge in [0.2, 0.25) is 5.88 Å². The van der Waals surface area contributed by atoms with Crippen LogP contribution in [0.1, 0.15) is 23.6 Å². The number of rotatable bonds is 4. The van der Waals surface area contributed by atoms with E-state index in [1.165, 1.54) is 12.1 Å². The van der Waals surface area contributed by atoms with Crippen LogP contribution in [0, 0.1) is 5.82 Å². The molecule has 5 rings (SSSR count). The summed E-state index contributed by atoms with van der Waals surface area (Å²) in [4.78, 5) is 4.59. The Balaban J connectivity index is 1.80. The van der Waals surface area contributed by atoms with Crippen molar-refractivity contribution >= 4 is 17.0 Å². The molecule has 148 valence electrons. The zero-order valence-corrected chi connectivity index (χ0v) is 16.5. The number of hydrogen-bond donors (Lipinski definition) is 0. The van der Waals surface area contributed by atoms with Gasteiger partial charge >= 0.3 is 0 Å². The number of pyridine rings is 1. The fraction of sp³-hybridized carbons (Fsp3) is 0.115. The van der Waals surface area contributed by atoms with Crippen molar-refractivity contribution in [2.45, 2.75) is 12.5 Å². The van der Waals surface area contributed by atoms with Crippen LogP contribution in [0.5, 0.6) is 11.6 Å². The molecule has 0 aliphatic carbocycles. The first-order valence-corrected chi connectivity index (χ1v) is 9.96. The highest BCUT2D eigenvalue weighted by Crippen LogP contribution is 2.47. The third-order valence-corrected chi connectivity index (χ3v) is 5.33. The lowest BCUT2D eigenvalue weighted by Crippen LogP contribution is -2.34. The lowest BCUT2D eigenvalue weighted by molar-refractivity contribution is 0.162. The molecule has 1 aromatic heterocycles. The number of nitrogens with zero attached hydrogens (tertiary/aromatic N) is 1. The molecule has 2 heterocycles. The molecule has 4 aromatic rings. The Hall–Kier alpha value is -3.66. The molecule has 0 fully saturated rings. The predicted molar refractivity (Wildman–Crippen MR) is 116 cm³/mol. The summed E-state index contributed by atoms with van der Waals surface area (Å²) < 4.78 is 26.7. The molecule has 0 bridgehead atoms. The minimum absolute atomic E-state index is 0.334. The molecule has 0 amide bonds. The van der Waals surface area contributed by atoms with Gasteiger partial charge in [0.15, 0.2) is 5.60 Å². The summed E-state index contributed by atoms with van der Waals surface area (Å²) in [6, 6.07) is 24.6. The molecule has 0 saturated carbocycles. The van der Waals surface area contributed by atoms with Gasteiger partial charge in [-0.25, -0.2) is 9.37 Å². The van der Waals surface area contributed by atoms with Crippen molar-refractivity contribution in [3.63, 3.8) is 0 Å². The van der Waals surface area contributed by atoms with Gasteiger partial charge in [0.1, 0.15) is 11.6 Å². The van der Waals surface area contributed by atoms with Crippen molar-refractivity contribution in [2.75, 3.05) is 6.61 Å². The molecular formula is C26H20FNO2. The van der Waals surface area contributed by atoms with Crippen molar-refractivity contribution in [1.29, 1.82) is 0 Å². The first-order valence-electron chi connectivity index (χ1n) is 9.96. The maximum atomic E-state index is 14.2. The van der Waals surface area contributed by atoms with E-state index >= 15 is 0 Å². The topological polar surface area (TPSA) is 31.4 Å². The molecule has 0 N–H and O–H groups in total. The molecule has 30 heavy (non-hydrogen) atoms. The van der Waals surface area contributed by atoms with E-state index in [1.807, 2.05) is 79.7 Å². The molecule has 0 unspecified atom stereocenters. The van der Waals surface area contributed by atoms with Crippen LogP contribution in [-0.2, 0) is 5.60 Å². The normalized spacial score (nSPS) is 14.2. The Morgan fingerprint density at radius 1 is 0.933 bits per heavy atom. The van der Waals surface area contributed by atoms with Crippen molar-refractivity contribution in [1.82, 2.24) is 4.98 Å². The van der Waals surface area contributed by atoms with Crippen LogP contribution < -0.4 is 9.47 Å². The van der Waals surface area contributed by atoms with Gasteiger partial charge in [0.05, 0.1) is 17.7 Å². The van der Waals surface area contributed by atoms with E-state index < -0.39 is 5.60 Å². The summed E-state index contributed by atoms with van der Waals surface area (Å²) in [7, 11) is 0. The zero-order chi connectivity index (χ0) is 20.6. The van der Waals surface area contributed by atoms with Crippen LogP contribution in [0.4, 0.5) is 4.39 Å². The number of halogens is 1. The third kappa shape index (κ3) is 2.92. The fourth-order valence-corrected chi connectivity index (χ4v) is 3.95. The van der Waals surface area contributed by atoms with Crippen molar-refractivity contribution in [3.8, 4) is 11.6 Å². The van der Waals surface area contributed by atoms with Crippen LogP contribution in [0.3, 0.4) is 0 Å². The van der Waals surface area contributed by atoms with Crippen LogP contribution in [0.25, 0.3) is 17.0 Å². The van der Waals surface area contributed by atoms with Gasteiger partial charge < -0.3 is 9.47 Å². The summed E-state index contributed by atoms with van der Waals surface area (Å²) >= 11 is 0. The maximum Gasteiger partial charge on any atom is 0.225 e. The van der Waals surface area contributed by atoms with Crippen molar-refractivity contribution < 1.29 is 13.9 Å². The summed E-state index contributed by atoms with van der Waals surface area (Å²) in [6.45, 7) is 2.39. The predicted octanol–water partition coefficient (Wildman–Crippen LogP) is 6.12. The second kappa shape index (κ2) is 7.30. The van der Waals surface area contributed by atoms with Gasteiger partial charge in [-0.2, -0.15) is 0 Å². The molecule has 0 saturated heterocycles. The van der Waals surface area contributed by atoms with E-state index in [0.29, 0.717) is 29.1 Å². The zero-order valence-electron chi connectivity index (χ0n) is 16.5. The highest BCUT2D eigenvalue weighted by atomic mass is 19.1. The van der Waals surface area contributed by atoms with Gasteiger partial charge in [0.25, 0.3) is 0 Å². The second-order valence-corrected chi connectivity index (χ2v) is 7.16. The Morgan fingerprint density at radius 3 is 2.23 bits per heavy atom. The molecule has 0 radical (unpaired) electrons. The van der Waals surface area contributed by atoms with Crippen LogP contribution >= 0.6 is 0 Å². The van der Waals surface area contributed by atoms with E-state index in [9.17, 15) is 4.39 Å². The summed E-state index contributed by atoms with van der Waals surface area (Å²) in [5.74, 6) is 0.717. The quantitative estimate of drug-likeness (QED) is 0.416. The third-order valence-electron chi connectivity index (χ3n) is 5.33. The number of fused-ring (bicyclic) bond motifs is 3. The SMILES string of the molecule is CCOc1nc2ccc(F)cc2c2c1C=CC(c1ccccc1)(c1ccccc1)O2. The lowest BCUT2D eigenvalue weighted by atomic mass is 9.83. The largest absolute Gasteiger partial charge is 0.477 e. The fourth-order valence-electron chi connectivity index (χ4n) is 3.95. The van der Waals surface area contributed by atoms with Gasteiger partial charge in [0, 0.05) is 16.5 Å². The van der Waals surface area contributed by atoms with Gasteiger partial charge in [-0.15, -0.1) is 0 Å². The Kier molecular flexibility index (Phi) is 4.47. The van der Waals surface area contributed by atoms with Gasteiger partial charge in [-0.1, -0.05) is 60.7 Å². The molecule has 3 nitrogen and oxygen atoms in total. The van der Waals surface area contributed by atoms with E-state index in [4.69, 9.17) is 9.47 Å². The first-order chi connectivity index (χ1) is 14.7. The molecule has 4 heteroatoms. The Labute approximate surface area is 174 Å². The first kappa shape index (κ1) is 18.4. The van der Waals surface area contributed by atoms with Crippen LogP contribution in [-0.4, -0.2) is 11.6 Å². The minimum atomic E-state index is -0.848. The van der Waals surface area contributed by atoms with E-state index in [-0.39, 0.29) is 5.82 Å². The number of ether oxygens (including phenoxy) is 2. The molecule has 3 aromatic carbocycles. The molecule has 1 aliphatic heterocycles. The number of hydrogen-bond acceptors (Lipinski definition) is 3. The highest BCUT2D eigenvalue weighted by Gasteiger charge is 2.38. The monoisotopic (exact) mass is 397 g/mol. The Morgan fingerprint density at radius 2 is 1.60 bits per heavy atom. The van der Waals surface area contributed by atoms with E-state index in [2.05, 4.69) is 4.98 Å². The summed E-state index contributed by atoms with van der Waals surface area (Å²) in [5.41, 5.74) is 2.47. The van der Waals surface area contributed by atoms with Gasteiger partial charge in [-0.3, -0.25) is 0 Å². The molecule has 1 aliphatic rings. The lowest BCUT2D eigenvalue weighted by Gasteiger charge is -2.36. The van der Waals surface area contributed by atoms with Crippen molar-refractivity contribution in [2.24, 2.45) is 0 Å². The number of benzene rings is 3. The van der Waals surface area contributed by atoms with E-state index in [0.717, 1.165) is 16.7 Å². The smallest absolute Gasteiger partial charge is 0.225 e. The van der Waals surface area contributed by atoms with Crippen molar-refractivity contribution in [3.05, 3.63) is 107 Å². The average molecular weight is 397 g/mol. The standard InChI is InChI=1S/C26H20FNO2/c1-2-29-25-21-15-16-26(18-9-5-3-6-10-18,19-11-7-4-8-12-19)30-24(21)22-17-20(27)13-14-23(22)28-25/h3-17H,2H2,1H3. The Bertz CT molecular complexity index is 1200. The molecular weight excluding hydrogens is 377 g/mol. The van der Waals surface area contributed by atoms with Crippen LogP contribution in [0.2, 0.25) is 0 Å². The number of aromatic nitrogens is 1. The highest BCUT2D eigenvalue weighted by molar-refractivity contribution is 5.91. The summed E-state index contributed by atoms with van der Waals surface area (Å²) in [5, 5.41) is 0.619. The van der Waals surface area contributed by atoms with E-state index in [1.54, 1.807) is 6.07 Å². The summed E-state index contributed by atoms with van der Waals surface area (Å²) in [6.07, 6.45) is 4.00. The van der Waals surface area contributed by atoms with Crippen LogP contribution in [0.15, 0.2) is 84.9 Å². The maximum absolute atomic E-state index is 14.2. The second-order valence-electron chi connectivity index (χ2n) is 7.16. The molecule has 0 atom stereocenters. The minimum Gasteiger partial charge on any atom is -0.477 e. The molecule has 0 spiro atoms. The van der Waals surface area contributed by atoms with Gasteiger partial charge in [-0.05, 0) is 37.3 Å². The average Bonchev–Trinajstić information content (AvgIpc) is 2.80.